The number of hydrogen-bond donors (Lipinski definition) is 1. The average molecular weight is 561 g/mol. The van der Waals surface area contributed by atoms with Crippen molar-refractivity contribution in [1.82, 2.24) is 14.9 Å². The molecule has 0 radical (unpaired) electrons. The average Bonchev–Trinajstić information content (AvgIpc) is 2.92. The predicted molar refractivity (Wildman–Crippen MR) is 148 cm³/mol. The zero-order chi connectivity index (χ0) is 27.2. The molecule has 0 saturated carbocycles. The Morgan fingerprint density at radius 1 is 1.13 bits per heavy atom. The van der Waals surface area contributed by atoms with Gasteiger partial charge in [0.05, 0.1) is 29.6 Å². The SMILES string of the molecule is C=C(S/C(=C(/c1cccc(Nc2c(F)cccc2F)c1F)C(C)CC)c1ccnc(Cl)n1)N1CCOCC1. The lowest BCUT2D eigenvalue weighted by Crippen LogP contribution is -2.34. The largest absolute Gasteiger partial charge is 0.378 e. The summed E-state index contributed by atoms with van der Waals surface area (Å²) in [6, 6.07) is 9.95. The number of thioether (sulfide) groups is 1. The van der Waals surface area contributed by atoms with Crippen molar-refractivity contribution >= 4 is 45.2 Å². The molecule has 1 N–H and O–H groups in total. The summed E-state index contributed by atoms with van der Waals surface area (Å²) in [5.74, 6) is -2.39. The van der Waals surface area contributed by atoms with E-state index in [1.165, 1.54) is 23.9 Å². The molecule has 1 aliphatic heterocycles. The van der Waals surface area contributed by atoms with Crippen LogP contribution in [-0.4, -0.2) is 41.2 Å². The third-order valence-corrected chi connectivity index (χ3v) is 7.61. The maximum Gasteiger partial charge on any atom is 0.222 e. The monoisotopic (exact) mass is 560 g/mol. The van der Waals surface area contributed by atoms with E-state index in [1.807, 2.05) is 13.8 Å². The molecule has 38 heavy (non-hydrogen) atoms. The minimum absolute atomic E-state index is 0.0515. The van der Waals surface area contributed by atoms with Gasteiger partial charge in [-0.1, -0.05) is 50.4 Å². The summed E-state index contributed by atoms with van der Waals surface area (Å²) in [7, 11) is 0. The molecule has 0 amide bonds. The van der Waals surface area contributed by atoms with Crippen LogP contribution in [0.25, 0.3) is 10.5 Å². The van der Waals surface area contributed by atoms with Crippen molar-refractivity contribution in [3.63, 3.8) is 0 Å². The van der Waals surface area contributed by atoms with E-state index in [-0.39, 0.29) is 22.5 Å². The molecule has 1 fully saturated rings. The van der Waals surface area contributed by atoms with Gasteiger partial charge < -0.3 is 15.0 Å². The Labute approximate surface area is 229 Å². The summed E-state index contributed by atoms with van der Waals surface area (Å²) in [5.41, 5.74) is 1.02. The summed E-state index contributed by atoms with van der Waals surface area (Å²) < 4.78 is 50.3. The highest BCUT2D eigenvalue weighted by Crippen LogP contribution is 2.45. The maximum atomic E-state index is 16.2. The van der Waals surface area contributed by atoms with Gasteiger partial charge in [0.15, 0.2) is 5.82 Å². The molecule has 4 rings (SSSR count). The summed E-state index contributed by atoms with van der Waals surface area (Å²) >= 11 is 7.54. The molecule has 10 heteroatoms. The number of para-hydroxylation sites is 1. The fraction of sp³-hybridized carbons (Fsp3) is 0.286. The van der Waals surface area contributed by atoms with Gasteiger partial charge in [-0.15, -0.1) is 0 Å². The van der Waals surface area contributed by atoms with Crippen LogP contribution in [0.3, 0.4) is 0 Å². The minimum atomic E-state index is -0.818. The number of anilines is 2. The van der Waals surface area contributed by atoms with Crippen molar-refractivity contribution < 1.29 is 17.9 Å². The Balaban J connectivity index is 1.87. The Morgan fingerprint density at radius 3 is 2.47 bits per heavy atom. The van der Waals surface area contributed by atoms with Crippen LogP contribution in [0.15, 0.2) is 60.3 Å². The predicted octanol–water partition coefficient (Wildman–Crippen LogP) is 7.74. The van der Waals surface area contributed by atoms with Crippen LogP contribution < -0.4 is 5.32 Å². The number of hydrogen-bond acceptors (Lipinski definition) is 6. The van der Waals surface area contributed by atoms with Crippen molar-refractivity contribution in [3.8, 4) is 0 Å². The van der Waals surface area contributed by atoms with Crippen LogP contribution in [0.1, 0.15) is 31.5 Å². The molecule has 1 aromatic heterocycles. The van der Waals surface area contributed by atoms with Crippen molar-refractivity contribution in [1.29, 1.82) is 0 Å². The molecule has 0 aliphatic carbocycles. The maximum absolute atomic E-state index is 16.2. The molecule has 1 atom stereocenters. The first-order valence-corrected chi connectivity index (χ1v) is 13.4. The van der Waals surface area contributed by atoms with Gasteiger partial charge in [-0.05, 0) is 53.8 Å². The van der Waals surface area contributed by atoms with Gasteiger partial charge >= 0.3 is 0 Å². The summed E-state index contributed by atoms with van der Waals surface area (Å²) in [6.45, 7) is 10.8. The fourth-order valence-corrected chi connectivity index (χ4v) is 5.44. The topological polar surface area (TPSA) is 50.3 Å². The van der Waals surface area contributed by atoms with E-state index in [0.717, 1.165) is 17.2 Å². The number of morpholine rings is 1. The summed E-state index contributed by atoms with van der Waals surface area (Å²) in [5, 5.41) is 3.43. The highest BCUT2D eigenvalue weighted by Gasteiger charge is 2.25. The van der Waals surface area contributed by atoms with E-state index in [4.69, 9.17) is 16.3 Å². The normalized spacial score (nSPS) is 15.2. The summed E-state index contributed by atoms with van der Waals surface area (Å²) in [6.07, 6.45) is 2.24. The van der Waals surface area contributed by atoms with Gasteiger partial charge in [0.1, 0.15) is 17.3 Å². The zero-order valence-corrected chi connectivity index (χ0v) is 22.7. The van der Waals surface area contributed by atoms with Crippen LogP contribution in [0, 0.1) is 23.4 Å². The van der Waals surface area contributed by atoms with E-state index < -0.39 is 23.1 Å². The number of benzene rings is 2. The molecule has 3 aromatic rings. The molecule has 2 aromatic carbocycles. The first kappa shape index (κ1) is 28.0. The molecule has 200 valence electrons. The van der Waals surface area contributed by atoms with Gasteiger partial charge in [-0.2, -0.15) is 0 Å². The standard InChI is InChI=1S/C28H28ClF3N4OS/c1-4-17(2)24(19-7-5-10-22(25(19)32)34-26-20(30)8-6-9-21(26)31)27(23-11-12-33-28(29)35-23)38-18(3)36-13-15-37-16-14-36/h5-12,17,34H,3-4,13-16H2,1-2H3/b27-24+. The molecule has 0 bridgehead atoms. The quantitative estimate of drug-likeness (QED) is 0.270. The lowest BCUT2D eigenvalue weighted by atomic mass is 9.90. The van der Waals surface area contributed by atoms with Gasteiger partial charge in [0.25, 0.3) is 0 Å². The third kappa shape index (κ3) is 6.34. The van der Waals surface area contributed by atoms with Crippen LogP contribution in [0.5, 0.6) is 0 Å². The van der Waals surface area contributed by atoms with E-state index in [9.17, 15) is 8.78 Å². The van der Waals surface area contributed by atoms with Gasteiger partial charge in [0, 0.05) is 29.8 Å². The Bertz CT molecular complexity index is 1330. The Morgan fingerprint density at radius 2 is 1.82 bits per heavy atom. The number of aromatic nitrogens is 2. The minimum Gasteiger partial charge on any atom is -0.378 e. The molecular weight excluding hydrogens is 533 g/mol. The van der Waals surface area contributed by atoms with Crippen LogP contribution >= 0.6 is 23.4 Å². The smallest absolute Gasteiger partial charge is 0.222 e. The lowest BCUT2D eigenvalue weighted by Gasteiger charge is -2.31. The van der Waals surface area contributed by atoms with Crippen molar-refractivity contribution in [2.45, 2.75) is 20.3 Å². The van der Waals surface area contributed by atoms with Crippen molar-refractivity contribution in [3.05, 3.63) is 94.3 Å². The molecule has 2 heterocycles. The van der Waals surface area contributed by atoms with Crippen molar-refractivity contribution in [2.24, 2.45) is 5.92 Å². The molecule has 1 aliphatic rings. The lowest BCUT2D eigenvalue weighted by molar-refractivity contribution is 0.0579. The third-order valence-electron chi connectivity index (χ3n) is 6.30. The Kier molecular flexibility index (Phi) is 9.35. The fourth-order valence-electron chi connectivity index (χ4n) is 4.11. The number of ether oxygens (including phenoxy) is 1. The first-order chi connectivity index (χ1) is 18.3. The Hall–Kier alpha value is -3.01. The highest BCUT2D eigenvalue weighted by molar-refractivity contribution is 8.11. The molecule has 5 nitrogen and oxygen atoms in total. The van der Waals surface area contributed by atoms with E-state index >= 15 is 4.39 Å². The number of allylic oxidation sites excluding steroid dienone is 1. The van der Waals surface area contributed by atoms with Crippen LogP contribution in [0.2, 0.25) is 5.28 Å². The zero-order valence-electron chi connectivity index (χ0n) is 21.1. The molecule has 0 spiro atoms. The number of nitrogens with one attached hydrogen (secondary N) is 1. The van der Waals surface area contributed by atoms with Crippen LogP contribution in [0.4, 0.5) is 24.5 Å². The van der Waals surface area contributed by atoms with E-state index in [2.05, 4.69) is 26.8 Å². The number of rotatable bonds is 9. The van der Waals surface area contributed by atoms with Crippen LogP contribution in [-0.2, 0) is 4.74 Å². The van der Waals surface area contributed by atoms with Crippen molar-refractivity contribution in [2.75, 3.05) is 31.6 Å². The number of nitrogens with zero attached hydrogens (tertiary/aromatic N) is 3. The summed E-state index contributed by atoms with van der Waals surface area (Å²) in [4.78, 5) is 11.2. The second-order valence-corrected chi connectivity index (χ2v) is 10.2. The second-order valence-electron chi connectivity index (χ2n) is 8.75. The van der Waals surface area contributed by atoms with Gasteiger partial charge in [0.2, 0.25) is 5.28 Å². The first-order valence-electron chi connectivity index (χ1n) is 12.2. The van der Waals surface area contributed by atoms with Gasteiger partial charge in [-0.3, -0.25) is 0 Å². The number of halogens is 4. The highest BCUT2D eigenvalue weighted by atomic mass is 35.5. The molecule has 1 unspecified atom stereocenters. The van der Waals surface area contributed by atoms with Gasteiger partial charge in [-0.25, -0.2) is 23.1 Å². The second kappa shape index (κ2) is 12.7. The van der Waals surface area contributed by atoms with E-state index in [0.29, 0.717) is 48.9 Å². The van der Waals surface area contributed by atoms with E-state index in [1.54, 1.807) is 24.4 Å². The molecular formula is C28H28ClF3N4OS. The molecule has 1 saturated heterocycles.